The third kappa shape index (κ3) is 4.14. The highest BCUT2D eigenvalue weighted by molar-refractivity contribution is 6.32. The predicted octanol–water partition coefficient (Wildman–Crippen LogP) is 3.23. The van der Waals surface area contributed by atoms with E-state index in [1.807, 2.05) is 41.3 Å². The molecule has 2 N–H and O–H groups in total. The van der Waals surface area contributed by atoms with E-state index >= 15 is 0 Å². The zero-order valence-corrected chi connectivity index (χ0v) is 15.1. The highest BCUT2D eigenvalue weighted by Gasteiger charge is 2.33. The van der Waals surface area contributed by atoms with Crippen molar-refractivity contribution in [2.75, 3.05) is 20.2 Å². The lowest BCUT2D eigenvalue weighted by molar-refractivity contribution is -0.130. The largest absolute Gasteiger partial charge is 0.495 e. The van der Waals surface area contributed by atoms with Gasteiger partial charge in [0, 0.05) is 31.5 Å². The van der Waals surface area contributed by atoms with Gasteiger partial charge in [0.15, 0.2) is 0 Å². The molecule has 0 bridgehead atoms. The second-order valence-electron chi connectivity index (χ2n) is 6.45. The number of halogens is 1. The summed E-state index contributed by atoms with van der Waals surface area (Å²) in [5.41, 5.74) is 8.50. The molecule has 132 valence electrons. The summed E-state index contributed by atoms with van der Waals surface area (Å²) in [6, 6.07) is 15.8. The Morgan fingerprint density at radius 2 is 2.00 bits per heavy atom. The summed E-state index contributed by atoms with van der Waals surface area (Å²) < 4.78 is 5.15. The molecule has 3 rings (SSSR count). The summed E-state index contributed by atoms with van der Waals surface area (Å²) >= 11 is 6.14. The van der Waals surface area contributed by atoms with Crippen LogP contribution < -0.4 is 10.5 Å². The molecule has 2 aromatic rings. The second kappa shape index (κ2) is 7.89. The van der Waals surface area contributed by atoms with Crippen LogP contribution in [0.2, 0.25) is 5.02 Å². The molecule has 25 heavy (non-hydrogen) atoms. The van der Waals surface area contributed by atoms with Crippen LogP contribution in [0.25, 0.3) is 0 Å². The van der Waals surface area contributed by atoms with Crippen molar-refractivity contribution in [2.45, 2.75) is 24.8 Å². The molecule has 0 saturated carbocycles. The van der Waals surface area contributed by atoms with Crippen LogP contribution in [0.15, 0.2) is 48.5 Å². The van der Waals surface area contributed by atoms with E-state index in [1.165, 1.54) is 5.56 Å². The molecule has 1 saturated heterocycles. The molecule has 0 radical (unpaired) electrons. The van der Waals surface area contributed by atoms with E-state index in [0.29, 0.717) is 36.7 Å². The van der Waals surface area contributed by atoms with E-state index in [9.17, 15) is 4.79 Å². The van der Waals surface area contributed by atoms with E-state index < -0.39 is 0 Å². The van der Waals surface area contributed by atoms with Crippen LogP contribution in [0.4, 0.5) is 0 Å². The summed E-state index contributed by atoms with van der Waals surface area (Å²) in [5.74, 6) is 0.995. The average Bonchev–Trinajstić information content (AvgIpc) is 3.02. The number of hydrogen-bond donors (Lipinski definition) is 1. The molecular weight excluding hydrogens is 336 g/mol. The molecule has 5 heteroatoms. The molecule has 0 spiro atoms. The van der Waals surface area contributed by atoms with Gasteiger partial charge in [-0.2, -0.15) is 0 Å². The van der Waals surface area contributed by atoms with Crippen molar-refractivity contribution in [3.05, 3.63) is 64.7 Å². The molecular formula is C20H23ClN2O2. The van der Waals surface area contributed by atoms with Gasteiger partial charge in [0.1, 0.15) is 5.75 Å². The van der Waals surface area contributed by atoms with Gasteiger partial charge in [-0.05, 0) is 29.7 Å². The highest BCUT2D eigenvalue weighted by atomic mass is 35.5. The maximum absolute atomic E-state index is 12.6. The first-order chi connectivity index (χ1) is 12.1. The van der Waals surface area contributed by atoms with Gasteiger partial charge in [0.05, 0.1) is 12.1 Å². The van der Waals surface area contributed by atoms with Crippen molar-refractivity contribution in [3.63, 3.8) is 0 Å². The fourth-order valence-electron chi connectivity index (χ4n) is 3.36. The Labute approximate surface area is 153 Å². The quantitative estimate of drug-likeness (QED) is 0.892. The predicted molar refractivity (Wildman–Crippen MR) is 100 cm³/mol. The highest BCUT2D eigenvalue weighted by Crippen LogP contribution is 2.28. The summed E-state index contributed by atoms with van der Waals surface area (Å²) in [6.07, 6.45) is 1.11. The first-order valence-electron chi connectivity index (χ1n) is 8.49. The molecule has 1 amide bonds. The van der Waals surface area contributed by atoms with Crippen LogP contribution in [0.5, 0.6) is 5.75 Å². The van der Waals surface area contributed by atoms with E-state index in [-0.39, 0.29) is 17.9 Å². The van der Waals surface area contributed by atoms with Gasteiger partial charge in [-0.1, -0.05) is 48.0 Å². The van der Waals surface area contributed by atoms with E-state index in [0.717, 1.165) is 5.56 Å². The Morgan fingerprint density at radius 3 is 2.68 bits per heavy atom. The number of nitrogens with two attached hydrogens (primary N) is 1. The van der Waals surface area contributed by atoms with Gasteiger partial charge < -0.3 is 15.4 Å². The SMILES string of the molecule is COc1ccc(CCC(=O)N2C[C@@H](N)[C@H](c3ccccc3)C2)cc1Cl. The summed E-state index contributed by atoms with van der Waals surface area (Å²) in [6.45, 7) is 1.30. The summed E-state index contributed by atoms with van der Waals surface area (Å²) in [7, 11) is 1.59. The lowest BCUT2D eigenvalue weighted by atomic mass is 9.95. The zero-order chi connectivity index (χ0) is 17.8. The van der Waals surface area contributed by atoms with Gasteiger partial charge >= 0.3 is 0 Å². The van der Waals surface area contributed by atoms with Crippen molar-refractivity contribution < 1.29 is 9.53 Å². The van der Waals surface area contributed by atoms with E-state index in [1.54, 1.807) is 7.11 Å². The third-order valence-corrected chi connectivity index (χ3v) is 5.08. The lowest BCUT2D eigenvalue weighted by Gasteiger charge is -2.16. The zero-order valence-electron chi connectivity index (χ0n) is 14.3. The normalized spacial score (nSPS) is 19.9. The van der Waals surface area contributed by atoms with Gasteiger partial charge in [-0.3, -0.25) is 4.79 Å². The second-order valence-corrected chi connectivity index (χ2v) is 6.86. The van der Waals surface area contributed by atoms with Crippen LogP contribution in [0.3, 0.4) is 0 Å². The average molecular weight is 359 g/mol. The number of rotatable bonds is 5. The summed E-state index contributed by atoms with van der Waals surface area (Å²) in [4.78, 5) is 14.4. The molecule has 4 nitrogen and oxygen atoms in total. The number of aryl methyl sites for hydroxylation is 1. The Morgan fingerprint density at radius 1 is 1.24 bits per heavy atom. The van der Waals surface area contributed by atoms with Crippen molar-refractivity contribution in [1.82, 2.24) is 4.90 Å². The van der Waals surface area contributed by atoms with Crippen LogP contribution in [-0.2, 0) is 11.2 Å². The monoisotopic (exact) mass is 358 g/mol. The summed E-state index contributed by atoms with van der Waals surface area (Å²) in [5, 5.41) is 0.569. The van der Waals surface area contributed by atoms with Crippen LogP contribution in [0.1, 0.15) is 23.5 Å². The number of carbonyl (C=O) groups is 1. The fraction of sp³-hybridized carbons (Fsp3) is 0.350. The topological polar surface area (TPSA) is 55.6 Å². The maximum Gasteiger partial charge on any atom is 0.222 e. The Hall–Kier alpha value is -2.04. The van der Waals surface area contributed by atoms with E-state index in [4.69, 9.17) is 22.1 Å². The maximum atomic E-state index is 12.6. The van der Waals surface area contributed by atoms with E-state index in [2.05, 4.69) is 12.1 Å². The van der Waals surface area contributed by atoms with Crippen molar-refractivity contribution >= 4 is 17.5 Å². The molecule has 2 atom stereocenters. The van der Waals surface area contributed by atoms with Crippen LogP contribution in [0, 0.1) is 0 Å². The molecule has 1 aliphatic heterocycles. The smallest absolute Gasteiger partial charge is 0.222 e. The Bertz CT molecular complexity index is 736. The number of carbonyl (C=O) groups excluding carboxylic acids is 1. The number of methoxy groups -OCH3 is 1. The number of ether oxygens (including phenoxy) is 1. The van der Waals surface area contributed by atoms with Gasteiger partial charge in [-0.25, -0.2) is 0 Å². The minimum atomic E-state index is -0.0122. The number of likely N-dealkylation sites (tertiary alicyclic amines) is 1. The van der Waals surface area contributed by atoms with Gasteiger partial charge in [-0.15, -0.1) is 0 Å². The van der Waals surface area contributed by atoms with Crippen LogP contribution in [-0.4, -0.2) is 37.0 Å². The lowest BCUT2D eigenvalue weighted by Crippen LogP contribution is -2.32. The number of nitrogens with zero attached hydrogens (tertiary/aromatic N) is 1. The Kier molecular flexibility index (Phi) is 5.61. The van der Waals surface area contributed by atoms with Crippen LogP contribution >= 0.6 is 11.6 Å². The van der Waals surface area contributed by atoms with Gasteiger partial charge in [0.2, 0.25) is 5.91 Å². The number of benzene rings is 2. The molecule has 1 fully saturated rings. The van der Waals surface area contributed by atoms with Crippen molar-refractivity contribution in [1.29, 1.82) is 0 Å². The fourth-order valence-corrected chi connectivity index (χ4v) is 3.64. The molecule has 0 unspecified atom stereocenters. The molecule has 0 aromatic heterocycles. The number of amides is 1. The number of hydrogen-bond acceptors (Lipinski definition) is 3. The minimum Gasteiger partial charge on any atom is -0.495 e. The minimum absolute atomic E-state index is 0.0122. The third-order valence-electron chi connectivity index (χ3n) is 4.79. The molecule has 1 aliphatic rings. The van der Waals surface area contributed by atoms with Gasteiger partial charge in [0.25, 0.3) is 0 Å². The Balaban J connectivity index is 1.58. The van der Waals surface area contributed by atoms with Crippen molar-refractivity contribution in [3.8, 4) is 5.75 Å². The molecule has 0 aliphatic carbocycles. The first kappa shape index (κ1) is 17.8. The molecule has 2 aromatic carbocycles. The van der Waals surface area contributed by atoms with Crippen molar-refractivity contribution in [2.24, 2.45) is 5.73 Å². The standard InChI is InChI=1S/C20H23ClN2O2/c1-25-19-9-7-14(11-17(19)21)8-10-20(24)23-12-16(18(22)13-23)15-5-3-2-4-6-15/h2-7,9,11,16,18H,8,10,12-13,22H2,1H3/t16-,18+/m0/s1. The first-order valence-corrected chi connectivity index (χ1v) is 8.87. The molecule has 1 heterocycles.